The molecule has 0 saturated carbocycles. The quantitative estimate of drug-likeness (QED) is 0.371. The monoisotopic (exact) mass is 408 g/mol. The van der Waals surface area contributed by atoms with Crippen LogP contribution in [0.2, 0.25) is 0 Å². The Labute approximate surface area is 175 Å². The molecular formula is C24H24O4S. The highest BCUT2D eigenvalue weighted by molar-refractivity contribution is 8.00. The van der Waals surface area contributed by atoms with Crippen LogP contribution in [0.5, 0.6) is 17.2 Å². The van der Waals surface area contributed by atoms with Crippen LogP contribution in [0.3, 0.4) is 0 Å². The number of hydrogen-bond donors (Lipinski definition) is 2. The molecule has 0 aliphatic heterocycles. The smallest absolute Gasteiger partial charge is 0.176 e. The van der Waals surface area contributed by atoms with Gasteiger partial charge in [0.1, 0.15) is 23.9 Å². The average Bonchev–Trinajstić information content (AvgIpc) is 2.72. The summed E-state index contributed by atoms with van der Waals surface area (Å²) in [7, 11) is 0. The Morgan fingerprint density at radius 3 is 2.28 bits per heavy atom. The number of Topliss-reactive ketones (excluding diaryl/α,β-unsaturated/α-hetero) is 1. The van der Waals surface area contributed by atoms with Crippen LogP contribution >= 0.6 is 11.8 Å². The maximum Gasteiger partial charge on any atom is 0.176 e. The normalized spacial score (nSPS) is 12.0. The average molecular weight is 409 g/mol. The predicted molar refractivity (Wildman–Crippen MR) is 116 cm³/mol. The van der Waals surface area contributed by atoms with Gasteiger partial charge in [-0.05, 0) is 47.9 Å². The third kappa shape index (κ3) is 5.55. The van der Waals surface area contributed by atoms with E-state index >= 15 is 0 Å². The van der Waals surface area contributed by atoms with E-state index in [1.54, 1.807) is 30.3 Å². The Kier molecular flexibility index (Phi) is 6.83. The molecule has 4 nitrogen and oxygen atoms in total. The first-order chi connectivity index (χ1) is 13.9. The molecule has 0 heterocycles. The minimum atomic E-state index is -0.360. The summed E-state index contributed by atoms with van der Waals surface area (Å²) in [5, 5.41) is 19.5. The van der Waals surface area contributed by atoms with E-state index in [1.165, 1.54) is 23.9 Å². The van der Waals surface area contributed by atoms with Gasteiger partial charge in [0.15, 0.2) is 5.78 Å². The van der Waals surface area contributed by atoms with Crippen molar-refractivity contribution in [2.45, 2.75) is 30.6 Å². The number of carbonyl (C=O) groups excluding carboxylic acids is 1. The number of thioether (sulfide) groups is 1. The molecule has 0 aromatic heterocycles. The highest BCUT2D eigenvalue weighted by atomic mass is 32.2. The van der Waals surface area contributed by atoms with Crippen LogP contribution in [0.4, 0.5) is 0 Å². The number of aromatic hydroxyl groups is 2. The van der Waals surface area contributed by atoms with Gasteiger partial charge in [0.2, 0.25) is 0 Å². The molecule has 0 bridgehead atoms. The van der Waals surface area contributed by atoms with Crippen molar-refractivity contribution in [1.82, 2.24) is 0 Å². The van der Waals surface area contributed by atoms with E-state index in [2.05, 4.69) is 0 Å². The number of ketones is 1. The van der Waals surface area contributed by atoms with Crippen LogP contribution in [0.15, 0.2) is 77.7 Å². The zero-order chi connectivity index (χ0) is 20.8. The minimum absolute atomic E-state index is 0.0335. The van der Waals surface area contributed by atoms with Crippen molar-refractivity contribution in [3.63, 3.8) is 0 Å². The number of carbonyl (C=O) groups is 1. The first-order valence-corrected chi connectivity index (χ1v) is 10.3. The zero-order valence-electron chi connectivity index (χ0n) is 16.4. The van der Waals surface area contributed by atoms with Gasteiger partial charge in [-0.1, -0.05) is 44.2 Å². The topological polar surface area (TPSA) is 66.8 Å². The van der Waals surface area contributed by atoms with Crippen molar-refractivity contribution in [2.24, 2.45) is 5.92 Å². The van der Waals surface area contributed by atoms with E-state index in [9.17, 15) is 15.0 Å². The molecule has 3 aromatic carbocycles. The predicted octanol–water partition coefficient (Wildman–Crippen LogP) is 5.68. The molecule has 29 heavy (non-hydrogen) atoms. The number of benzene rings is 3. The third-order valence-electron chi connectivity index (χ3n) is 4.45. The SMILES string of the molecule is CC(C)C(Sc1ccc(OCc2ccccc2)cc1O)C(=O)c1ccc(O)cc1. The van der Waals surface area contributed by atoms with Crippen LogP contribution in [-0.2, 0) is 6.61 Å². The Bertz CT molecular complexity index is 952. The van der Waals surface area contributed by atoms with Crippen molar-refractivity contribution in [3.8, 4) is 17.2 Å². The van der Waals surface area contributed by atoms with Crippen molar-refractivity contribution in [3.05, 3.63) is 83.9 Å². The molecule has 1 unspecified atom stereocenters. The van der Waals surface area contributed by atoms with Gasteiger partial charge in [0.05, 0.1) is 10.1 Å². The molecule has 2 N–H and O–H groups in total. The van der Waals surface area contributed by atoms with Crippen LogP contribution in [0, 0.1) is 5.92 Å². The molecule has 150 valence electrons. The Hall–Kier alpha value is -2.92. The van der Waals surface area contributed by atoms with Crippen LogP contribution in [-0.4, -0.2) is 21.2 Å². The van der Waals surface area contributed by atoms with Crippen molar-refractivity contribution < 1.29 is 19.7 Å². The van der Waals surface area contributed by atoms with Gasteiger partial charge in [0, 0.05) is 11.6 Å². The molecule has 0 fully saturated rings. The molecule has 0 radical (unpaired) electrons. The summed E-state index contributed by atoms with van der Waals surface area (Å²) in [4.78, 5) is 13.6. The number of rotatable bonds is 8. The molecular weight excluding hydrogens is 384 g/mol. The van der Waals surface area contributed by atoms with Crippen LogP contribution in [0.1, 0.15) is 29.8 Å². The van der Waals surface area contributed by atoms with Gasteiger partial charge < -0.3 is 14.9 Å². The van der Waals surface area contributed by atoms with Crippen molar-refractivity contribution >= 4 is 17.5 Å². The van der Waals surface area contributed by atoms with Gasteiger partial charge in [0.25, 0.3) is 0 Å². The summed E-state index contributed by atoms with van der Waals surface area (Å²) in [6.07, 6.45) is 0. The highest BCUT2D eigenvalue weighted by Gasteiger charge is 2.26. The van der Waals surface area contributed by atoms with Gasteiger partial charge in [-0.3, -0.25) is 4.79 Å². The van der Waals surface area contributed by atoms with Gasteiger partial charge in [-0.15, -0.1) is 11.8 Å². The maximum atomic E-state index is 12.9. The molecule has 0 aliphatic rings. The second kappa shape index (κ2) is 9.52. The lowest BCUT2D eigenvalue weighted by Crippen LogP contribution is -2.23. The van der Waals surface area contributed by atoms with Crippen molar-refractivity contribution in [2.75, 3.05) is 0 Å². The molecule has 0 aliphatic carbocycles. The summed E-state index contributed by atoms with van der Waals surface area (Å²) in [5.41, 5.74) is 1.58. The third-order valence-corrected chi connectivity index (χ3v) is 6.06. The van der Waals surface area contributed by atoms with Crippen LogP contribution < -0.4 is 4.74 Å². The summed E-state index contributed by atoms with van der Waals surface area (Å²) in [5.74, 6) is 0.814. The highest BCUT2D eigenvalue weighted by Crippen LogP contribution is 2.38. The number of hydrogen-bond acceptors (Lipinski definition) is 5. The van der Waals surface area contributed by atoms with Crippen LogP contribution in [0.25, 0.3) is 0 Å². The molecule has 1 atom stereocenters. The van der Waals surface area contributed by atoms with E-state index in [0.29, 0.717) is 22.8 Å². The van der Waals surface area contributed by atoms with E-state index in [0.717, 1.165) is 5.56 Å². The molecule has 0 spiro atoms. The number of phenolic OH excluding ortho intramolecular Hbond substituents is 2. The van der Waals surface area contributed by atoms with Gasteiger partial charge in [-0.25, -0.2) is 0 Å². The standard InChI is InChI=1S/C24H24O4S/c1-16(2)24(23(27)18-8-10-19(25)11-9-18)29-22-13-12-20(14-21(22)26)28-15-17-6-4-3-5-7-17/h3-14,16,24-26H,15H2,1-2H3. The number of ether oxygens (including phenoxy) is 1. The number of phenols is 2. The van der Waals surface area contributed by atoms with E-state index < -0.39 is 0 Å². The summed E-state index contributed by atoms with van der Waals surface area (Å²) in [6.45, 7) is 4.37. The van der Waals surface area contributed by atoms with Crippen molar-refractivity contribution in [1.29, 1.82) is 0 Å². The fraction of sp³-hybridized carbons (Fsp3) is 0.208. The lowest BCUT2D eigenvalue weighted by Gasteiger charge is -2.20. The maximum absolute atomic E-state index is 12.9. The summed E-state index contributed by atoms with van der Waals surface area (Å²) < 4.78 is 5.75. The minimum Gasteiger partial charge on any atom is -0.508 e. The Morgan fingerprint density at radius 1 is 0.966 bits per heavy atom. The fourth-order valence-electron chi connectivity index (χ4n) is 2.85. The molecule has 3 rings (SSSR count). The second-order valence-electron chi connectivity index (χ2n) is 7.10. The lowest BCUT2D eigenvalue weighted by atomic mass is 10.0. The summed E-state index contributed by atoms with van der Waals surface area (Å²) >= 11 is 1.34. The van der Waals surface area contributed by atoms with Gasteiger partial charge >= 0.3 is 0 Å². The van der Waals surface area contributed by atoms with E-state index in [4.69, 9.17) is 4.74 Å². The Morgan fingerprint density at radius 2 is 1.66 bits per heavy atom. The molecule has 5 heteroatoms. The second-order valence-corrected chi connectivity index (χ2v) is 8.28. The van der Waals surface area contributed by atoms with E-state index in [-0.39, 0.29) is 28.5 Å². The Balaban J connectivity index is 1.71. The first-order valence-electron chi connectivity index (χ1n) is 9.43. The fourth-order valence-corrected chi connectivity index (χ4v) is 3.96. The molecule has 0 saturated heterocycles. The summed E-state index contributed by atoms with van der Waals surface area (Å²) in [6, 6.07) is 21.2. The molecule has 0 amide bonds. The lowest BCUT2D eigenvalue weighted by molar-refractivity contribution is 0.0975. The largest absolute Gasteiger partial charge is 0.508 e. The first kappa shape index (κ1) is 20.8. The molecule has 3 aromatic rings. The van der Waals surface area contributed by atoms with Gasteiger partial charge in [-0.2, -0.15) is 0 Å². The van der Waals surface area contributed by atoms with E-state index in [1.807, 2.05) is 44.2 Å². The zero-order valence-corrected chi connectivity index (χ0v) is 17.2.